The van der Waals surface area contributed by atoms with E-state index in [1.807, 2.05) is 0 Å². The van der Waals surface area contributed by atoms with Gasteiger partial charge in [-0.25, -0.2) is 0 Å². The van der Waals surface area contributed by atoms with Gasteiger partial charge in [-0.2, -0.15) is 5.26 Å². The van der Waals surface area contributed by atoms with Crippen molar-refractivity contribution < 1.29 is 4.74 Å². The third-order valence-electron chi connectivity index (χ3n) is 6.57. The first-order valence-corrected chi connectivity index (χ1v) is 11.0. The number of rotatable bonds is 7. The van der Waals surface area contributed by atoms with Crippen molar-refractivity contribution in [1.82, 2.24) is 0 Å². The number of ether oxygens (including phenoxy) is 1. The van der Waals surface area contributed by atoms with Gasteiger partial charge < -0.3 is 4.74 Å². The molecule has 1 aromatic carbocycles. The molecule has 0 aliphatic heterocycles. The summed E-state index contributed by atoms with van der Waals surface area (Å²) < 4.78 is 6.30. The van der Waals surface area contributed by atoms with E-state index in [4.69, 9.17) is 10.00 Å². The van der Waals surface area contributed by atoms with Crippen LogP contribution in [0.5, 0.6) is 0 Å². The van der Waals surface area contributed by atoms with Crippen molar-refractivity contribution in [3.63, 3.8) is 0 Å². The Morgan fingerprint density at radius 1 is 1.00 bits per heavy atom. The summed E-state index contributed by atoms with van der Waals surface area (Å²) in [5.41, 5.74) is 2.99. The van der Waals surface area contributed by atoms with E-state index in [0.29, 0.717) is 12.0 Å². The van der Waals surface area contributed by atoms with Crippen molar-refractivity contribution in [2.45, 2.75) is 83.2 Å². The van der Waals surface area contributed by atoms with E-state index in [0.717, 1.165) is 18.4 Å². The first-order valence-electron chi connectivity index (χ1n) is 11.0. The predicted molar refractivity (Wildman–Crippen MR) is 112 cm³/mol. The number of benzene rings is 1. The molecule has 2 nitrogen and oxygen atoms in total. The van der Waals surface area contributed by atoms with Crippen LogP contribution in [0.1, 0.15) is 81.8 Å². The molecule has 2 fully saturated rings. The van der Waals surface area contributed by atoms with Gasteiger partial charge in [-0.05, 0) is 86.7 Å². The van der Waals surface area contributed by atoms with Crippen molar-refractivity contribution >= 4 is 0 Å². The summed E-state index contributed by atoms with van der Waals surface area (Å²) >= 11 is 0. The van der Waals surface area contributed by atoms with Gasteiger partial charge in [0.15, 0.2) is 0 Å². The van der Waals surface area contributed by atoms with Gasteiger partial charge in [0.05, 0.1) is 12.2 Å². The highest BCUT2D eigenvalue weighted by Crippen LogP contribution is 2.35. The van der Waals surface area contributed by atoms with Gasteiger partial charge in [-0.15, -0.1) is 0 Å². The highest BCUT2D eigenvalue weighted by Gasteiger charge is 2.25. The minimum absolute atomic E-state index is 0.469. The zero-order valence-corrected chi connectivity index (χ0v) is 16.9. The molecule has 2 aliphatic carbocycles. The molecule has 0 radical (unpaired) electrons. The molecule has 2 aliphatic rings. The fourth-order valence-corrected chi connectivity index (χ4v) is 4.81. The van der Waals surface area contributed by atoms with Gasteiger partial charge >= 0.3 is 0 Å². The Hall–Kier alpha value is -1.59. The van der Waals surface area contributed by atoms with Crippen LogP contribution in [0.4, 0.5) is 0 Å². The molecule has 1 aromatic rings. The Kier molecular flexibility index (Phi) is 7.96. The van der Waals surface area contributed by atoms with Crippen LogP contribution in [-0.2, 0) is 11.2 Å². The minimum Gasteiger partial charge on any atom is -0.378 e. The lowest BCUT2D eigenvalue weighted by Crippen LogP contribution is -2.25. The van der Waals surface area contributed by atoms with E-state index in [1.165, 1.54) is 75.3 Å². The molecule has 0 atom stereocenters. The maximum absolute atomic E-state index is 8.65. The Morgan fingerprint density at radius 2 is 1.70 bits per heavy atom. The third-order valence-corrected chi connectivity index (χ3v) is 6.57. The van der Waals surface area contributed by atoms with Crippen LogP contribution in [0.15, 0.2) is 36.4 Å². The van der Waals surface area contributed by atoms with Gasteiger partial charge in [0.2, 0.25) is 0 Å². The van der Waals surface area contributed by atoms with Crippen LogP contribution < -0.4 is 0 Å². The minimum atomic E-state index is 0.469. The summed E-state index contributed by atoms with van der Waals surface area (Å²) in [6.07, 6.45) is 16.5. The van der Waals surface area contributed by atoms with Crippen LogP contribution in [0, 0.1) is 23.2 Å². The molecule has 146 valence electrons. The fourth-order valence-electron chi connectivity index (χ4n) is 4.81. The lowest BCUT2D eigenvalue weighted by molar-refractivity contribution is -0.00337. The van der Waals surface area contributed by atoms with E-state index in [-0.39, 0.29) is 0 Å². The Labute approximate surface area is 165 Å². The van der Waals surface area contributed by atoms with Crippen LogP contribution in [0.3, 0.4) is 0 Å². The Bertz CT molecular complexity index is 611. The summed E-state index contributed by atoms with van der Waals surface area (Å²) in [5, 5.41) is 8.65. The molecule has 0 saturated heterocycles. The molecular formula is C25H35NO. The molecule has 3 rings (SSSR count). The quantitative estimate of drug-likeness (QED) is 0.512. The average molecular weight is 366 g/mol. The van der Waals surface area contributed by atoms with Gasteiger partial charge in [0.1, 0.15) is 0 Å². The zero-order valence-electron chi connectivity index (χ0n) is 16.9. The molecule has 0 spiro atoms. The zero-order chi connectivity index (χ0) is 18.9. The summed E-state index contributed by atoms with van der Waals surface area (Å²) in [6, 6.07) is 11.5. The molecule has 0 unspecified atom stereocenters. The van der Waals surface area contributed by atoms with E-state index in [1.54, 1.807) is 6.08 Å². The van der Waals surface area contributed by atoms with Crippen molar-refractivity contribution in [3.8, 4) is 6.07 Å². The fraction of sp³-hybridized carbons (Fsp3) is 0.640. The number of allylic oxidation sites excluding steroid dienone is 2. The van der Waals surface area contributed by atoms with E-state index >= 15 is 0 Å². The largest absolute Gasteiger partial charge is 0.378 e. The monoisotopic (exact) mass is 365 g/mol. The predicted octanol–water partition coefficient (Wildman–Crippen LogP) is 6.57. The number of aryl methyl sites for hydroxylation is 1. The molecule has 2 saturated carbocycles. The van der Waals surface area contributed by atoms with E-state index in [9.17, 15) is 0 Å². The smallest absolute Gasteiger partial charge is 0.0908 e. The summed E-state index contributed by atoms with van der Waals surface area (Å²) in [5.74, 6) is 2.06. The maximum atomic E-state index is 8.65. The number of nitriles is 1. The van der Waals surface area contributed by atoms with E-state index < -0.39 is 0 Å². The Morgan fingerprint density at radius 3 is 2.33 bits per heavy atom. The third kappa shape index (κ3) is 6.22. The normalized spacial score (nSPS) is 28.9. The second-order valence-corrected chi connectivity index (χ2v) is 8.57. The molecule has 0 heterocycles. The van der Waals surface area contributed by atoms with Crippen molar-refractivity contribution in [1.29, 1.82) is 5.26 Å². The highest BCUT2D eigenvalue weighted by atomic mass is 16.5. The first-order chi connectivity index (χ1) is 13.3. The SMILES string of the molecule is CCCc1ccc([C@H]2CC[C@H](OC[C@H]3CC[C@H](/C=C/C#N)CC3)CC2)cc1. The lowest BCUT2D eigenvalue weighted by Gasteiger charge is -2.32. The second-order valence-electron chi connectivity index (χ2n) is 8.57. The van der Waals surface area contributed by atoms with Crippen molar-refractivity contribution in [2.24, 2.45) is 11.8 Å². The van der Waals surface area contributed by atoms with Crippen molar-refractivity contribution in [2.75, 3.05) is 6.61 Å². The first kappa shape index (κ1) is 20.2. The summed E-state index contributed by atoms with van der Waals surface area (Å²) in [6.45, 7) is 3.18. The van der Waals surface area contributed by atoms with E-state index in [2.05, 4.69) is 43.3 Å². The number of hydrogen-bond donors (Lipinski definition) is 0. The van der Waals surface area contributed by atoms with Crippen LogP contribution in [0.2, 0.25) is 0 Å². The standard InChI is InChI=1S/C25H35NO/c1-2-4-20-10-12-23(13-11-20)24-14-16-25(17-15-24)27-19-22-8-6-21(7-9-22)5-3-18-26/h3,5,10-13,21-22,24-25H,2,4,6-9,14-17,19H2,1H3/b5-3+/t21-,22-,24-,25-. The van der Waals surface area contributed by atoms with Gasteiger partial charge in [0.25, 0.3) is 0 Å². The molecule has 0 aromatic heterocycles. The second kappa shape index (κ2) is 10.7. The Balaban J connectivity index is 1.35. The molecule has 0 amide bonds. The van der Waals surface area contributed by atoms with Gasteiger partial charge in [-0.1, -0.05) is 43.7 Å². The molecule has 27 heavy (non-hydrogen) atoms. The molecular weight excluding hydrogens is 330 g/mol. The maximum Gasteiger partial charge on any atom is 0.0908 e. The topological polar surface area (TPSA) is 33.0 Å². The summed E-state index contributed by atoms with van der Waals surface area (Å²) in [4.78, 5) is 0. The van der Waals surface area contributed by atoms with Crippen LogP contribution in [-0.4, -0.2) is 12.7 Å². The van der Waals surface area contributed by atoms with Crippen LogP contribution >= 0.6 is 0 Å². The van der Waals surface area contributed by atoms with Gasteiger partial charge in [0, 0.05) is 12.7 Å². The molecule has 0 N–H and O–H groups in total. The van der Waals surface area contributed by atoms with Crippen LogP contribution in [0.25, 0.3) is 0 Å². The highest BCUT2D eigenvalue weighted by molar-refractivity contribution is 5.26. The molecule has 0 bridgehead atoms. The number of nitrogens with zero attached hydrogens (tertiary/aromatic N) is 1. The van der Waals surface area contributed by atoms with Gasteiger partial charge in [-0.3, -0.25) is 0 Å². The van der Waals surface area contributed by atoms with Crippen molar-refractivity contribution in [3.05, 3.63) is 47.5 Å². The lowest BCUT2D eigenvalue weighted by atomic mass is 9.81. The average Bonchev–Trinajstić information content (AvgIpc) is 2.73. The molecule has 2 heteroatoms. The number of hydrogen-bond acceptors (Lipinski definition) is 2. The summed E-state index contributed by atoms with van der Waals surface area (Å²) in [7, 11) is 0.